The summed E-state index contributed by atoms with van der Waals surface area (Å²) in [4.78, 5) is 8.43. The van der Waals surface area contributed by atoms with Crippen molar-refractivity contribution in [3.8, 4) is 11.6 Å². The molecule has 0 aliphatic carbocycles. The number of aromatic nitrogens is 3. The summed E-state index contributed by atoms with van der Waals surface area (Å²) in [6, 6.07) is 10.4. The van der Waals surface area contributed by atoms with Crippen molar-refractivity contribution in [2.45, 2.75) is 26.4 Å². The fraction of sp³-hybridized carbons (Fsp3) is 0.294. The third-order valence-corrected chi connectivity index (χ3v) is 3.47. The zero-order valence-electron chi connectivity index (χ0n) is 13.1. The van der Waals surface area contributed by atoms with Crippen molar-refractivity contribution in [3.05, 3.63) is 48.5 Å². The Kier molecular flexibility index (Phi) is 4.06. The Morgan fingerprint density at radius 2 is 2.05 bits per heavy atom. The lowest BCUT2D eigenvalue weighted by Gasteiger charge is -2.09. The maximum absolute atomic E-state index is 5.86. The summed E-state index contributed by atoms with van der Waals surface area (Å²) in [5.41, 5.74) is 2.09. The fourth-order valence-electron chi connectivity index (χ4n) is 2.28. The largest absolute Gasteiger partial charge is 0.439 e. The van der Waals surface area contributed by atoms with Gasteiger partial charge in [-0.15, -0.1) is 0 Å². The van der Waals surface area contributed by atoms with Crippen LogP contribution in [0.3, 0.4) is 0 Å². The van der Waals surface area contributed by atoms with Crippen LogP contribution in [-0.4, -0.2) is 20.6 Å². The predicted octanol–water partition coefficient (Wildman–Crippen LogP) is 3.26. The van der Waals surface area contributed by atoms with E-state index in [1.165, 1.54) is 11.8 Å². The van der Waals surface area contributed by atoms with Crippen LogP contribution in [0.2, 0.25) is 0 Å². The fourth-order valence-corrected chi connectivity index (χ4v) is 2.28. The smallest absolute Gasteiger partial charge is 0.222 e. The highest BCUT2D eigenvalue weighted by atomic mass is 16.5. The van der Waals surface area contributed by atoms with E-state index in [1.54, 1.807) is 0 Å². The third-order valence-electron chi connectivity index (χ3n) is 3.47. The normalized spacial score (nSPS) is 11.3. The molecule has 3 aromatic rings. The third kappa shape index (κ3) is 3.26. The maximum atomic E-state index is 5.86. The lowest BCUT2D eigenvalue weighted by atomic mass is 10.2. The molecule has 1 N–H and O–H groups in total. The Hall–Kier alpha value is -2.40. The minimum absolute atomic E-state index is 0.417. The predicted molar refractivity (Wildman–Crippen MR) is 87.0 cm³/mol. The van der Waals surface area contributed by atoms with Gasteiger partial charge in [0.15, 0.2) is 0 Å². The van der Waals surface area contributed by atoms with Crippen molar-refractivity contribution in [1.29, 1.82) is 0 Å². The molecule has 5 heteroatoms. The highest BCUT2D eigenvalue weighted by Gasteiger charge is 2.05. The molecule has 1 aromatic carbocycles. The molecule has 22 heavy (non-hydrogen) atoms. The first-order chi connectivity index (χ1) is 10.6. The van der Waals surface area contributed by atoms with Crippen molar-refractivity contribution in [2.75, 3.05) is 0 Å². The van der Waals surface area contributed by atoms with Crippen molar-refractivity contribution in [2.24, 2.45) is 7.05 Å². The maximum Gasteiger partial charge on any atom is 0.222 e. The molecule has 114 valence electrons. The van der Waals surface area contributed by atoms with E-state index in [-0.39, 0.29) is 0 Å². The SMILES string of the molecule is CC(C)NCc1cc(Oc2ccc3c(ccn3C)c2)ncn1. The first kappa shape index (κ1) is 14.5. The lowest BCUT2D eigenvalue weighted by Crippen LogP contribution is -2.22. The zero-order chi connectivity index (χ0) is 15.5. The monoisotopic (exact) mass is 296 g/mol. The molecule has 0 atom stereocenters. The van der Waals surface area contributed by atoms with Crippen LogP contribution < -0.4 is 10.1 Å². The van der Waals surface area contributed by atoms with Gasteiger partial charge < -0.3 is 14.6 Å². The molecule has 0 fully saturated rings. The summed E-state index contributed by atoms with van der Waals surface area (Å²) in [6.45, 7) is 4.91. The van der Waals surface area contributed by atoms with E-state index in [2.05, 4.69) is 39.8 Å². The average molecular weight is 296 g/mol. The van der Waals surface area contributed by atoms with Gasteiger partial charge in [-0.05, 0) is 24.3 Å². The van der Waals surface area contributed by atoms with Gasteiger partial charge in [0, 0.05) is 42.8 Å². The van der Waals surface area contributed by atoms with Crippen molar-refractivity contribution >= 4 is 10.9 Å². The molecule has 5 nitrogen and oxygen atoms in total. The van der Waals surface area contributed by atoms with Gasteiger partial charge in [0.25, 0.3) is 0 Å². The number of hydrogen-bond donors (Lipinski definition) is 1. The zero-order valence-corrected chi connectivity index (χ0v) is 13.1. The van der Waals surface area contributed by atoms with Crippen LogP contribution in [0.15, 0.2) is 42.9 Å². The topological polar surface area (TPSA) is 52.0 Å². The molecule has 0 aliphatic heterocycles. The molecule has 0 saturated heterocycles. The van der Waals surface area contributed by atoms with Crippen LogP contribution in [0.1, 0.15) is 19.5 Å². The highest BCUT2D eigenvalue weighted by molar-refractivity contribution is 5.81. The van der Waals surface area contributed by atoms with Gasteiger partial charge in [-0.1, -0.05) is 13.8 Å². The summed E-state index contributed by atoms with van der Waals surface area (Å²) in [5, 5.41) is 4.48. The van der Waals surface area contributed by atoms with E-state index in [0.29, 0.717) is 18.5 Å². The van der Waals surface area contributed by atoms with Crippen LogP contribution in [0.25, 0.3) is 10.9 Å². The van der Waals surface area contributed by atoms with E-state index >= 15 is 0 Å². The molecule has 3 rings (SSSR count). The van der Waals surface area contributed by atoms with Crippen LogP contribution in [0.4, 0.5) is 0 Å². The standard InChI is InChI=1S/C17H20N4O/c1-12(2)18-10-14-9-17(20-11-19-14)22-15-4-5-16-13(8-15)6-7-21(16)3/h4-9,11-12,18H,10H2,1-3H3. The molecular weight excluding hydrogens is 276 g/mol. The Balaban J connectivity index is 1.77. The summed E-state index contributed by atoms with van der Waals surface area (Å²) in [5.74, 6) is 1.34. The number of benzene rings is 1. The molecule has 0 unspecified atom stereocenters. The van der Waals surface area contributed by atoms with Crippen molar-refractivity contribution in [3.63, 3.8) is 0 Å². The van der Waals surface area contributed by atoms with Crippen LogP contribution in [0, 0.1) is 0 Å². The molecule has 2 heterocycles. The Bertz CT molecular complexity index is 779. The Labute approximate surface area is 130 Å². The molecule has 0 amide bonds. The van der Waals surface area contributed by atoms with Crippen LogP contribution >= 0.6 is 0 Å². The summed E-state index contributed by atoms with van der Waals surface area (Å²) in [7, 11) is 2.03. The Morgan fingerprint density at radius 1 is 1.18 bits per heavy atom. The molecule has 2 aromatic heterocycles. The minimum atomic E-state index is 0.417. The quantitative estimate of drug-likeness (QED) is 0.785. The van der Waals surface area contributed by atoms with Gasteiger partial charge in [-0.2, -0.15) is 0 Å². The minimum Gasteiger partial charge on any atom is -0.439 e. The second kappa shape index (κ2) is 6.15. The second-order valence-corrected chi connectivity index (χ2v) is 5.63. The number of nitrogens with one attached hydrogen (secondary N) is 1. The molecule has 0 aliphatic rings. The number of rotatable bonds is 5. The van der Waals surface area contributed by atoms with E-state index < -0.39 is 0 Å². The number of hydrogen-bond acceptors (Lipinski definition) is 4. The van der Waals surface area contributed by atoms with E-state index in [1.807, 2.05) is 37.5 Å². The second-order valence-electron chi connectivity index (χ2n) is 5.63. The summed E-state index contributed by atoms with van der Waals surface area (Å²) >= 11 is 0. The number of nitrogens with zero attached hydrogens (tertiary/aromatic N) is 3. The van der Waals surface area contributed by atoms with Gasteiger partial charge in [0.1, 0.15) is 12.1 Å². The summed E-state index contributed by atoms with van der Waals surface area (Å²) < 4.78 is 7.94. The van der Waals surface area contributed by atoms with Gasteiger partial charge in [-0.3, -0.25) is 0 Å². The van der Waals surface area contributed by atoms with Crippen molar-refractivity contribution < 1.29 is 4.74 Å². The van der Waals surface area contributed by atoms with E-state index in [0.717, 1.165) is 16.8 Å². The van der Waals surface area contributed by atoms with Gasteiger partial charge >= 0.3 is 0 Å². The van der Waals surface area contributed by atoms with Gasteiger partial charge in [0.05, 0.1) is 5.69 Å². The molecule has 0 saturated carbocycles. The first-order valence-corrected chi connectivity index (χ1v) is 7.39. The molecule has 0 bridgehead atoms. The van der Waals surface area contributed by atoms with E-state index in [9.17, 15) is 0 Å². The molecular formula is C17H20N4O. The number of ether oxygens (including phenoxy) is 1. The highest BCUT2D eigenvalue weighted by Crippen LogP contribution is 2.25. The lowest BCUT2D eigenvalue weighted by molar-refractivity contribution is 0.459. The van der Waals surface area contributed by atoms with Crippen molar-refractivity contribution in [1.82, 2.24) is 19.9 Å². The van der Waals surface area contributed by atoms with Gasteiger partial charge in [0.2, 0.25) is 5.88 Å². The average Bonchev–Trinajstić information content (AvgIpc) is 2.86. The number of fused-ring (bicyclic) bond motifs is 1. The van der Waals surface area contributed by atoms with Crippen LogP contribution in [-0.2, 0) is 13.6 Å². The van der Waals surface area contributed by atoms with Crippen LogP contribution in [0.5, 0.6) is 11.6 Å². The van der Waals surface area contributed by atoms with Gasteiger partial charge in [-0.25, -0.2) is 9.97 Å². The van der Waals surface area contributed by atoms with E-state index in [4.69, 9.17) is 4.74 Å². The summed E-state index contributed by atoms with van der Waals surface area (Å²) in [6.07, 6.45) is 3.57. The molecule has 0 radical (unpaired) electrons. The first-order valence-electron chi connectivity index (χ1n) is 7.39. The molecule has 0 spiro atoms. The number of aryl methyl sites for hydroxylation is 1. The Morgan fingerprint density at radius 3 is 2.86 bits per heavy atom.